The molecule has 2 heterocycles. The minimum atomic E-state index is 0.344. The van der Waals surface area contributed by atoms with Crippen molar-refractivity contribution in [1.29, 1.82) is 0 Å². The normalized spacial score (nSPS) is 11.5. The Kier molecular flexibility index (Phi) is 4.65. The van der Waals surface area contributed by atoms with Crippen molar-refractivity contribution in [3.63, 3.8) is 0 Å². The fourth-order valence-corrected chi connectivity index (χ4v) is 2.94. The summed E-state index contributed by atoms with van der Waals surface area (Å²) in [7, 11) is 1.97. The lowest BCUT2D eigenvalue weighted by Crippen LogP contribution is -2.02. The van der Waals surface area contributed by atoms with Crippen LogP contribution in [0.25, 0.3) is 22.1 Å². The van der Waals surface area contributed by atoms with Crippen LogP contribution in [-0.4, -0.2) is 32.6 Å². The molecule has 0 aliphatic heterocycles. The van der Waals surface area contributed by atoms with E-state index in [9.17, 15) is 0 Å². The van der Waals surface area contributed by atoms with E-state index in [0.717, 1.165) is 39.8 Å². The molecule has 0 amide bonds. The van der Waals surface area contributed by atoms with Crippen LogP contribution in [0.15, 0.2) is 53.6 Å². The number of para-hydroxylation sites is 2. The Morgan fingerprint density at radius 2 is 1.93 bits per heavy atom. The maximum Gasteiger partial charge on any atom is 0.265 e. The number of hydrogen-bond donors (Lipinski definition) is 1. The summed E-state index contributed by atoms with van der Waals surface area (Å²) >= 11 is 0. The number of ether oxygens (including phenoxy) is 1. The molecule has 2 aromatic carbocycles. The Morgan fingerprint density at radius 1 is 1.11 bits per heavy atom. The maximum absolute atomic E-state index is 5.73. The molecule has 136 valence electrons. The zero-order valence-corrected chi connectivity index (χ0v) is 15.3. The fraction of sp³-hybridized carbons (Fsp3) is 0.200. The molecule has 0 saturated heterocycles. The zero-order chi connectivity index (χ0) is 18.6. The first kappa shape index (κ1) is 17.0. The molecule has 0 atom stereocenters. The Hall–Kier alpha value is -3.48. The number of nitrogens with one attached hydrogen (secondary N) is 1. The van der Waals surface area contributed by atoms with E-state index in [-0.39, 0.29) is 0 Å². The van der Waals surface area contributed by atoms with Crippen molar-refractivity contribution in [2.45, 2.75) is 13.3 Å². The minimum absolute atomic E-state index is 0.344. The standard InChI is InChI=1S/C20H20N6O/c1-3-12-27-17-11-7-4-8-14(17)13-21-24-20-22-19-18(23-25-20)15-9-5-6-10-16(15)26(19)2/h4-11,13H,3,12H2,1-2H3,(H,22,24,25). The third-order valence-electron chi connectivity index (χ3n) is 4.26. The number of hydrogen-bond acceptors (Lipinski definition) is 6. The summed E-state index contributed by atoms with van der Waals surface area (Å²) in [4.78, 5) is 4.55. The van der Waals surface area contributed by atoms with Gasteiger partial charge in [-0.15, -0.1) is 10.2 Å². The van der Waals surface area contributed by atoms with Crippen molar-refractivity contribution in [1.82, 2.24) is 19.7 Å². The summed E-state index contributed by atoms with van der Waals surface area (Å²) in [5.41, 5.74) is 6.35. The van der Waals surface area contributed by atoms with Crippen molar-refractivity contribution in [3.8, 4) is 5.75 Å². The lowest BCUT2D eigenvalue weighted by molar-refractivity contribution is 0.317. The van der Waals surface area contributed by atoms with E-state index < -0.39 is 0 Å². The maximum atomic E-state index is 5.73. The largest absolute Gasteiger partial charge is 0.493 e. The number of nitrogens with zero attached hydrogens (tertiary/aromatic N) is 5. The Balaban J connectivity index is 1.59. The predicted octanol–water partition coefficient (Wildman–Crippen LogP) is 3.75. The Labute approximate surface area is 156 Å². The number of aryl methyl sites for hydroxylation is 1. The first-order valence-electron chi connectivity index (χ1n) is 8.86. The van der Waals surface area contributed by atoms with Crippen LogP contribution < -0.4 is 10.2 Å². The summed E-state index contributed by atoms with van der Waals surface area (Å²) in [5.74, 6) is 1.14. The molecule has 0 saturated carbocycles. The van der Waals surface area contributed by atoms with Gasteiger partial charge in [0.1, 0.15) is 11.3 Å². The third-order valence-corrected chi connectivity index (χ3v) is 4.26. The molecule has 0 spiro atoms. The van der Waals surface area contributed by atoms with Gasteiger partial charge in [0.15, 0.2) is 5.65 Å². The van der Waals surface area contributed by atoms with Crippen LogP contribution in [0, 0.1) is 0 Å². The van der Waals surface area contributed by atoms with Gasteiger partial charge in [0.25, 0.3) is 5.95 Å². The summed E-state index contributed by atoms with van der Waals surface area (Å²) in [6.45, 7) is 2.74. The molecule has 4 rings (SSSR count). The molecular weight excluding hydrogens is 340 g/mol. The highest BCUT2D eigenvalue weighted by Crippen LogP contribution is 2.24. The third kappa shape index (κ3) is 3.31. The van der Waals surface area contributed by atoms with Crippen LogP contribution in [0.3, 0.4) is 0 Å². The van der Waals surface area contributed by atoms with Crippen LogP contribution >= 0.6 is 0 Å². The van der Waals surface area contributed by atoms with Gasteiger partial charge in [-0.05, 0) is 24.6 Å². The van der Waals surface area contributed by atoms with E-state index in [1.54, 1.807) is 6.21 Å². The van der Waals surface area contributed by atoms with E-state index in [1.165, 1.54) is 0 Å². The number of rotatable bonds is 6. The van der Waals surface area contributed by atoms with Gasteiger partial charge < -0.3 is 9.30 Å². The number of hydrazone groups is 1. The molecule has 0 bridgehead atoms. The molecule has 2 aromatic heterocycles. The highest BCUT2D eigenvalue weighted by Gasteiger charge is 2.11. The van der Waals surface area contributed by atoms with Gasteiger partial charge in [-0.1, -0.05) is 37.3 Å². The van der Waals surface area contributed by atoms with Crippen molar-refractivity contribution in [2.24, 2.45) is 12.1 Å². The molecule has 4 aromatic rings. The van der Waals surface area contributed by atoms with E-state index in [0.29, 0.717) is 12.6 Å². The zero-order valence-electron chi connectivity index (χ0n) is 15.3. The fourth-order valence-electron chi connectivity index (χ4n) is 2.94. The number of benzene rings is 2. The van der Waals surface area contributed by atoms with Crippen LogP contribution in [-0.2, 0) is 7.05 Å². The monoisotopic (exact) mass is 360 g/mol. The summed E-state index contributed by atoms with van der Waals surface area (Å²) in [6.07, 6.45) is 2.65. The van der Waals surface area contributed by atoms with Gasteiger partial charge in [-0.25, -0.2) is 5.43 Å². The van der Waals surface area contributed by atoms with Gasteiger partial charge in [-0.3, -0.25) is 0 Å². The average molecular weight is 360 g/mol. The van der Waals surface area contributed by atoms with E-state index in [2.05, 4.69) is 32.6 Å². The van der Waals surface area contributed by atoms with Crippen molar-refractivity contribution in [2.75, 3.05) is 12.0 Å². The minimum Gasteiger partial charge on any atom is -0.493 e. The van der Waals surface area contributed by atoms with Gasteiger partial charge in [0.05, 0.1) is 18.3 Å². The summed E-state index contributed by atoms with van der Waals surface area (Å²) in [5, 5.41) is 13.7. The first-order chi connectivity index (χ1) is 13.3. The van der Waals surface area contributed by atoms with Crippen LogP contribution in [0.5, 0.6) is 5.75 Å². The summed E-state index contributed by atoms with van der Waals surface area (Å²) < 4.78 is 7.73. The lowest BCUT2D eigenvalue weighted by Gasteiger charge is -2.07. The second-order valence-electron chi connectivity index (χ2n) is 6.14. The second kappa shape index (κ2) is 7.41. The molecular formula is C20H20N6O. The van der Waals surface area contributed by atoms with Gasteiger partial charge >= 0.3 is 0 Å². The topological polar surface area (TPSA) is 77.2 Å². The van der Waals surface area contributed by atoms with Crippen LogP contribution in [0.4, 0.5) is 5.95 Å². The molecule has 7 nitrogen and oxygen atoms in total. The molecule has 0 fully saturated rings. The van der Waals surface area contributed by atoms with Crippen molar-refractivity contribution < 1.29 is 4.74 Å². The smallest absolute Gasteiger partial charge is 0.265 e. The van der Waals surface area contributed by atoms with Crippen LogP contribution in [0.1, 0.15) is 18.9 Å². The Morgan fingerprint density at radius 3 is 2.81 bits per heavy atom. The van der Waals surface area contributed by atoms with Crippen molar-refractivity contribution in [3.05, 3.63) is 54.1 Å². The number of anilines is 1. The molecule has 0 aliphatic carbocycles. The molecule has 0 aliphatic rings. The first-order valence-corrected chi connectivity index (χ1v) is 8.86. The SMILES string of the molecule is CCCOc1ccccc1C=NNc1nnc2c3ccccc3n(C)c2n1. The van der Waals surface area contributed by atoms with E-state index in [4.69, 9.17) is 4.74 Å². The van der Waals surface area contributed by atoms with Gasteiger partial charge in [0, 0.05) is 18.0 Å². The van der Waals surface area contributed by atoms with E-state index in [1.807, 2.05) is 60.1 Å². The lowest BCUT2D eigenvalue weighted by atomic mass is 10.2. The molecule has 1 N–H and O–H groups in total. The molecule has 7 heteroatoms. The molecule has 0 radical (unpaired) electrons. The summed E-state index contributed by atoms with van der Waals surface area (Å²) in [6, 6.07) is 15.8. The van der Waals surface area contributed by atoms with Crippen LogP contribution in [0.2, 0.25) is 0 Å². The highest BCUT2D eigenvalue weighted by molar-refractivity contribution is 6.04. The number of fused-ring (bicyclic) bond motifs is 3. The number of aromatic nitrogens is 4. The van der Waals surface area contributed by atoms with Gasteiger partial charge in [-0.2, -0.15) is 10.1 Å². The quantitative estimate of drug-likeness (QED) is 0.418. The molecule has 0 unspecified atom stereocenters. The average Bonchev–Trinajstić information content (AvgIpc) is 2.99. The van der Waals surface area contributed by atoms with Crippen molar-refractivity contribution >= 4 is 34.2 Å². The highest BCUT2D eigenvalue weighted by atomic mass is 16.5. The predicted molar refractivity (Wildman–Crippen MR) is 107 cm³/mol. The Bertz CT molecular complexity index is 1120. The molecule has 27 heavy (non-hydrogen) atoms. The second-order valence-corrected chi connectivity index (χ2v) is 6.14. The van der Waals surface area contributed by atoms with Gasteiger partial charge in [0.2, 0.25) is 0 Å². The van der Waals surface area contributed by atoms with E-state index >= 15 is 0 Å².